The molecule has 1 saturated carbocycles. The first-order chi connectivity index (χ1) is 8.49. The number of benzene rings is 1. The van der Waals surface area contributed by atoms with E-state index in [-0.39, 0.29) is 23.3 Å². The summed E-state index contributed by atoms with van der Waals surface area (Å²) in [5.41, 5.74) is 0.0298. The van der Waals surface area contributed by atoms with Gasteiger partial charge in [0.25, 0.3) is 5.91 Å². The van der Waals surface area contributed by atoms with E-state index >= 15 is 0 Å². The number of phenolic OH excluding ortho intramolecular Hbond substituents is 1. The van der Waals surface area contributed by atoms with Crippen LogP contribution in [-0.2, 0) is 0 Å². The van der Waals surface area contributed by atoms with E-state index in [2.05, 4.69) is 0 Å². The molecule has 18 heavy (non-hydrogen) atoms. The normalized spacial score (nSPS) is 14.9. The highest BCUT2D eigenvalue weighted by Crippen LogP contribution is 2.31. The van der Waals surface area contributed by atoms with Crippen LogP contribution in [0.5, 0.6) is 5.75 Å². The number of carbonyl (C=O) groups excluding carboxylic acids is 1. The lowest BCUT2D eigenvalue weighted by Gasteiger charge is -2.27. The SMILES string of the molecule is CC(C)N(CC1CC1)C(=O)c1ccc(O)cc1F. The van der Waals surface area contributed by atoms with Crippen molar-refractivity contribution >= 4 is 5.91 Å². The van der Waals surface area contributed by atoms with E-state index in [4.69, 9.17) is 5.11 Å². The summed E-state index contributed by atoms with van der Waals surface area (Å²) in [4.78, 5) is 14.0. The predicted molar refractivity (Wildman–Crippen MR) is 67.0 cm³/mol. The van der Waals surface area contributed by atoms with Crippen LogP contribution in [0.25, 0.3) is 0 Å². The van der Waals surface area contributed by atoms with Gasteiger partial charge < -0.3 is 10.0 Å². The molecule has 1 amide bonds. The Kier molecular flexibility index (Phi) is 3.55. The van der Waals surface area contributed by atoms with Gasteiger partial charge in [0.15, 0.2) is 0 Å². The van der Waals surface area contributed by atoms with Crippen molar-refractivity contribution in [3.8, 4) is 5.75 Å². The van der Waals surface area contributed by atoms with Gasteiger partial charge in [-0.3, -0.25) is 4.79 Å². The smallest absolute Gasteiger partial charge is 0.257 e. The summed E-state index contributed by atoms with van der Waals surface area (Å²) < 4.78 is 13.7. The first kappa shape index (κ1) is 12.9. The second-order valence-electron chi connectivity index (χ2n) is 5.16. The summed E-state index contributed by atoms with van der Waals surface area (Å²) in [6, 6.07) is 3.70. The average molecular weight is 251 g/mol. The fraction of sp³-hybridized carbons (Fsp3) is 0.500. The molecule has 1 aliphatic carbocycles. The molecule has 0 radical (unpaired) electrons. The number of nitrogens with zero attached hydrogens (tertiary/aromatic N) is 1. The summed E-state index contributed by atoms with van der Waals surface area (Å²) >= 11 is 0. The lowest BCUT2D eigenvalue weighted by Crippen LogP contribution is -2.38. The van der Waals surface area contributed by atoms with Gasteiger partial charge >= 0.3 is 0 Å². The summed E-state index contributed by atoms with van der Waals surface area (Å²) in [5.74, 6) is -0.560. The third-order valence-electron chi connectivity index (χ3n) is 3.22. The molecule has 0 spiro atoms. The maximum Gasteiger partial charge on any atom is 0.257 e. The molecule has 0 bridgehead atoms. The maximum atomic E-state index is 13.7. The van der Waals surface area contributed by atoms with Crippen molar-refractivity contribution < 1.29 is 14.3 Å². The van der Waals surface area contributed by atoms with Crippen molar-refractivity contribution in [3.63, 3.8) is 0 Å². The summed E-state index contributed by atoms with van der Waals surface area (Å²) in [5, 5.41) is 9.16. The van der Waals surface area contributed by atoms with Gasteiger partial charge in [-0.05, 0) is 44.7 Å². The topological polar surface area (TPSA) is 40.5 Å². The van der Waals surface area contributed by atoms with E-state index in [9.17, 15) is 9.18 Å². The number of amides is 1. The van der Waals surface area contributed by atoms with Crippen LogP contribution in [0, 0.1) is 11.7 Å². The minimum Gasteiger partial charge on any atom is -0.508 e. The van der Waals surface area contributed by atoms with E-state index in [0.29, 0.717) is 12.5 Å². The Morgan fingerprint density at radius 3 is 2.67 bits per heavy atom. The molecule has 1 aliphatic rings. The monoisotopic (exact) mass is 251 g/mol. The Bertz CT molecular complexity index is 455. The van der Waals surface area contributed by atoms with Crippen molar-refractivity contribution in [2.75, 3.05) is 6.54 Å². The molecule has 1 N–H and O–H groups in total. The van der Waals surface area contributed by atoms with E-state index in [1.807, 2.05) is 13.8 Å². The largest absolute Gasteiger partial charge is 0.508 e. The Morgan fingerprint density at radius 1 is 1.50 bits per heavy atom. The zero-order valence-corrected chi connectivity index (χ0v) is 10.7. The van der Waals surface area contributed by atoms with Gasteiger partial charge in [0.05, 0.1) is 5.56 Å². The molecule has 0 aromatic heterocycles. The molecule has 1 aromatic rings. The van der Waals surface area contributed by atoms with Crippen LogP contribution in [0.15, 0.2) is 18.2 Å². The van der Waals surface area contributed by atoms with Crippen molar-refractivity contribution in [2.45, 2.75) is 32.7 Å². The average Bonchev–Trinajstić information content (AvgIpc) is 3.08. The molecule has 1 aromatic carbocycles. The summed E-state index contributed by atoms with van der Waals surface area (Å²) in [6.07, 6.45) is 2.29. The highest BCUT2D eigenvalue weighted by atomic mass is 19.1. The van der Waals surface area contributed by atoms with Gasteiger partial charge in [-0.2, -0.15) is 0 Å². The van der Waals surface area contributed by atoms with Crippen LogP contribution in [0.2, 0.25) is 0 Å². The fourth-order valence-electron chi connectivity index (χ4n) is 1.94. The highest BCUT2D eigenvalue weighted by molar-refractivity contribution is 5.94. The quantitative estimate of drug-likeness (QED) is 0.894. The fourth-order valence-corrected chi connectivity index (χ4v) is 1.94. The molecule has 1 fully saturated rings. The Balaban J connectivity index is 2.20. The molecule has 0 unspecified atom stereocenters. The Morgan fingerprint density at radius 2 is 2.17 bits per heavy atom. The zero-order valence-electron chi connectivity index (χ0n) is 10.7. The number of rotatable bonds is 4. The molecule has 98 valence electrons. The van der Waals surface area contributed by atoms with E-state index in [0.717, 1.165) is 18.9 Å². The molecule has 2 rings (SSSR count). The Hall–Kier alpha value is -1.58. The zero-order chi connectivity index (χ0) is 13.3. The van der Waals surface area contributed by atoms with Crippen LogP contribution in [0.1, 0.15) is 37.0 Å². The van der Waals surface area contributed by atoms with E-state index in [1.165, 1.54) is 12.1 Å². The van der Waals surface area contributed by atoms with Gasteiger partial charge in [-0.25, -0.2) is 4.39 Å². The van der Waals surface area contributed by atoms with Crippen molar-refractivity contribution in [2.24, 2.45) is 5.92 Å². The van der Waals surface area contributed by atoms with Gasteiger partial charge in [0.1, 0.15) is 11.6 Å². The van der Waals surface area contributed by atoms with Crippen LogP contribution in [-0.4, -0.2) is 28.5 Å². The molecule has 3 nitrogen and oxygen atoms in total. The predicted octanol–water partition coefficient (Wildman–Crippen LogP) is 2.79. The summed E-state index contributed by atoms with van der Waals surface area (Å²) in [7, 11) is 0. The van der Waals surface area contributed by atoms with Gasteiger partial charge in [-0.1, -0.05) is 0 Å². The van der Waals surface area contributed by atoms with Crippen molar-refractivity contribution in [1.82, 2.24) is 4.90 Å². The summed E-state index contributed by atoms with van der Waals surface area (Å²) in [6.45, 7) is 4.55. The first-order valence-corrected chi connectivity index (χ1v) is 6.28. The van der Waals surface area contributed by atoms with Crippen molar-refractivity contribution in [3.05, 3.63) is 29.6 Å². The second kappa shape index (κ2) is 4.96. The van der Waals surface area contributed by atoms with Gasteiger partial charge in [0, 0.05) is 18.7 Å². The molecule has 0 aliphatic heterocycles. The van der Waals surface area contributed by atoms with E-state index < -0.39 is 5.82 Å². The maximum absolute atomic E-state index is 13.7. The third kappa shape index (κ3) is 2.81. The molecule has 0 atom stereocenters. The molecular weight excluding hydrogens is 233 g/mol. The minimum absolute atomic E-state index is 0.0298. The van der Waals surface area contributed by atoms with Gasteiger partial charge in [-0.15, -0.1) is 0 Å². The van der Waals surface area contributed by atoms with Crippen LogP contribution in [0.3, 0.4) is 0 Å². The lowest BCUT2D eigenvalue weighted by atomic mass is 10.1. The number of aromatic hydroxyl groups is 1. The number of phenols is 1. The molecular formula is C14H18FNO2. The van der Waals surface area contributed by atoms with Gasteiger partial charge in [0.2, 0.25) is 0 Å². The molecule has 4 heteroatoms. The number of hydrogen-bond acceptors (Lipinski definition) is 2. The number of halogens is 1. The third-order valence-corrected chi connectivity index (χ3v) is 3.22. The lowest BCUT2D eigenvalue weighted by molar-refractivity contribution is 0.0691. The minimum atomic E-state index is -0.665. The standard InChI is InChI=1S/C14H18FNO2/c1-9(2)16(8-10-3-4-10)14(18)12-6-5-11(17)7-13(12)15/h5-7,9-10,17H,3-4,8H2,1-2H3. The van der Waals surface area contributed by atoms with Crippen LogP contribution >= 0.6 is 0 Å². The van der Waals surface area contributed by atoms with Crippen LogP contribution < -0.4 is 0 Å². The number of hydrogen-bond donors (Lipinski definition) is 1. The molecule has 0 saturated heterocycles. The highest BCUT2D eigenvalue weighted by Gasteiger charge is 2.29. The molecule has 0 heterocycles. The van der Waals surface area contributed by atoms with Crippen LogP contribution in [0.4, 0.5) is 4.39 Å². The number of carbonyl (C=O) groups is 1. The first-order valence-electron chi connectivity index (χ1n) is 6.28. The second-order valence-corrected chi connectivity index (χ2v) is 5.16. The van der Waals surface area contributed by atoms with Crippen molar-refractivity contribution in [1.29, 1.82) is 0 Å². The van der Waals surface area contributed by atoms with E-state index in [1.54, 1.807) is 4.90 Å². The Labute approximate surface area is 106 Å².